The van der Waals surface area contributed by atoms with Gasteiger partial charge in [0.2, 0.25) is 5.95 Å². The predicted molar refractivity (Wildman–Crippen MR) is 119 cm³/mol. The number of anilines is 2. The van der Waals surface area contributed by atoms with Crippen LogP contribution in [0, 0.1) is 0 Å². The highest BCUT2D eigenvalue weighted by Gasteiger charge is 2.20. The number of rotatable bonds is 5. The lowest BCUT2D eigenvalue weighted by Crippen LogP contribution is -2.48. The molecule has 8 heteroatoms. The summed E-state index contributed by atoms with van der Waals surface area (Å²) in [6.07, 6.45) is 3.19. The Balaban J connectivity index is 1.38. The average molecular weight is 419 g/mol. The SMILES string of the molecule is COc1ccc(-c2cnc(Nc3cccc(OC(=O)N4CCN(C)CC4)c3)nc2)cc1. The Kier molecular flexibility index (Phi) is 6.28. The summed E-state index contributed by atoms with van der Waals surface area (Å²) in [4.78, 5) is 25.1. The zero-order valence-corrected chi connectivity index (χ0v) is 17.6. The molecule has 1 aliphatic heterocycles. The summed E-state index contributed by atoms with van der Waals surface area (Å²) in [6, 6.07) is 14.9. The lowest BCUT2D eigenvalue weighted by atomic mass is 10.1. The highest BCUT2D eigenvalue weighted by atomic mass is 16.6. The first kappa shape index (κ1) is 20.6. The van der Waals surface area contributed by atoms with Gasteiger partial charge in [-0.3, -0.25) is 0 Å². The van der Waals surface area contributed by atoms with E-state index in [1.807, 2.05) is 43.4 Å². The topological polar surface area (TPSA) is 79.8 Å². The van der Waals surface area contributed by atoms with Gasteiger partial charge in [0.15, 0.2) is 0 Å². The maximum absolute atomic E-state index is 12.4. The third-order valence-corrected chi connectivity index (χ3v) is 5.13. The molecule has 31 heavy (non-hydrogen) atoms. The molecule has 1 amide bonds. The first-order valence-electron chi connectivity index (χ1n) is 10.1. The van der Waals surface area contributed by atoms with E-state index in [2.05, 4.69) is 20.2 Å². The molecule has 0 spiro atoms. The van der Waals surface area contributed by atoms with Crippen molar-refractivity contribution in [2.45, 2.75) is 0 Å². The van der Waals surface area contributed by atoms with Crippen molar-refractivity contribution in [3.8, 4) is 22.6 Å². The Morgan fingerprint density at radius 3 is 2.32 bits per heavy atom. The molecule has 0 atom stereocenters. The van der Waals surface area contributed by atoms with Crippen LogP contribution in [-0.2, 0) is 0 Å². The molecule has 1 aromatic heterocycles. The minimum absolute atomic E-state index is 0.328. The number of carbonyl (C=O) groups excluding carboxylic acids is 1. The molecule has 4 rings (SSSR count). The van der Waals surface area contributed by atoms with Crippen LogP contribution in [0.1, 0.15) is 0 Å². The second-order valence-electron chi connectivity index (χ2n) is 7.33. The molecule has 1 aliphatic rings. The van der Waals surface area contributed by atoms with Crippen molar-refractivity contribution in [1.29, 1.82) is 0 Å². The van der Waals surface area contributed by atoms with E-state index in [1.54, 1.807) is 36.5 Å². The zero-order chi connectivity index (χ0) is 21.6. The summed E-state index contributed by atoms with van der Waals surface area (Å²) < 4.78 is 10.7. The van der Waals surface area contributed by atoms with Crippen LogP contribution in [0.3, 0.4) is 0 Å². The van der Waals surface area contributed by atoms with Gasteiger partial charge in [-0.15, -0.1) is 0 Å². The Morgan fingerprint density at radius 1 is 0.935 bits per heavy atom. The molecule has 0 aliphatic carbocycles. The number of hydrogen-bond acceptors (Lipinski definition) is 7. The number of amides is 1. The fraction of sp³-hybridized carbons (Fsp3) is 0.261. The first-order chi connectivity index (χ1) is 15.1. The molecular formula is C23H25N5O3. The van der Waals surface area contributed by atoms with Gasteiger partial charge in [-0.2, -0.15) is 0 Å². The summed E-state index contributed by atoms with van der Waals surface area (Å²) in [5.74, 6) is 1.74. The number of methoxy groups -OCH3 is 1. The Labute approximate surface area is 181 Å². The highest BCUT2D eigenvalue weighted by Crippen LogP contribution is 2.23. The highest BCUT2D eigenvalue weighted by molar-refractivity contribution is 5.71. The van der Waals surface area contributed by atoms with Gasteiger partial charge in [0, 0.05) is 55.9 Å². The molecule has 2 aromatic carbocycles. The molecule has 0 saturated carbocycles. The zero-order valence-electron chi connectivity index (χ0n) is 17.6. The third-order valence-electron chi connectivity index (χ3n) is 5.13. The summed E-state index contributed by atoms with van der Waals surface area (Å²) in [5, 5.41) is 3.15. The quantitative estimate of drug-likeness (QED) is 0.676. The maximum atomic E-state index is 12.4. The molecular weight excluding hydrogens is 394 g/mol. The second-order valence-corrected chi connectivity index (χ2v) is 7.33. The lowest BCUT2D eigenvalue weighted by Gasteiger charge is -2.31. The third kappa shape index (κ3) is 5.29. The van der Waals surface area contributed by atoms with E-state index in [1.165, 1.54) is 0 Å². The normalized spacial score (nSPS) is 14.2. The van der Waals surface area contributed by atoms with Crippen LogP contribution in [0.2, 0.25) is 0 Å². The van der Waals surface area contributed by atoms with Gasteiger partial charge in [-0.25, -0.2) is 14.8 Å². The van der Waals surface area contributed by atoms with E-state index in [0.717, 1.165) is 35.7 Å². The number of carbonyl (C=O) groups is 1. The van der Waals surface area contributed by atoms with Gasteiger partial charge in [0.05, 0.1) is 7.11 Å². The predicted octanol–water partition coefficient (Wildman–Crippen LogP) is 3.64. The molecule has 8 nitrogen and oxygen atoms in total. The van der Waals surface area contributed by atoms with E-state index < -0.39 is 0 Å². The van der Waals surface area contributed by atoms with Crippen LogP contribution in [0.15, 0.2) is 60.9 Å². The maximum Gasteiger partial charge on any atom is 0.415 e. The Hall–Kier alpha value is -3.65. The molecule has 1 saturated heterocycles. The van der Waals surface area contributed by atoms with E-state index >= 15 is 0 Å². The fourth-order valence-corrected chi connectivity index (χ4v) is 3.25. The number of piperazine rings is 1. The van der Waals surface area contributed by atoms with Crippen LogP contribution in [0.4, 0.5) is 16.4 Å². The molecule has 1 N–H and O–H groups in total. The first-order valence-corrected chi connectivity index (χ1v) is 10.1. The van der Waals surface area contributed by atoms with Gasteiger partial charge in [0.25, 0.3) is 0 Å². The molecule has 1 fully saturated rings. The number of aromatic nitrogens is 2. The molecule has 0 unspecified atom stereocenters. The minimum Gasteiger partial charge on any atom is -0.497 e. The summed E-state index contributed by atoms with van der Waals surface area (Å²) >= 11 is 0. The molecule has 0 radical (unpaired) electrons. The molecule has 160 valence electrons. The summed E-state index contributed by atoms with van der Waals surface area (Å²) in [5.41, 5.74) is 2.65. The van der Waals surface area contributed by atoms with Crippen molar-refractivity contribution in [3.63, 3.8) is 0 Å². The lowest BCUT2D eigenvalue weighted by molar-refractivity contribution is 0.120. The number of nitrogens with one attached hydrogen (secondary N) is 1. The van der Waals surface area contributed by atoms with Gasteiger partial charge in [-0.1, -0.05) is 18.2 Å². The van der Waals surface area contributed by atoms with Crippen molar-refractivity contribution < 1.29 is 14.3 Å². The smallest absolute Gasteiger partial charge is 0.415 e. The number of ether oxygens (including phenoxy) is 2. The standard InChI is InChI=1S/C23H25N5O3/c1-27-10-12-28(13-11-27)23(29)31-21-5-3-4-19(14-21)26-22-24-15-18(16-25-22)17-6-8-20(30-2)9-7-17/h3-9,14-16H,10-13H2,1-2H3,(H,24,25,26). The van der Waals surface area contributed by atoms with E-state index in [9.17, 15) is 4.79 Å². The van der Waals surface area contributed by atoms with Crippen LogP contribution in [-0.4, -0.2) is 66.2 Å². The van der Waals surface area contributed by atoms with Crippen LogP contribution < -0.4 is 14.8 Å². The number of hydrogen-bond donors (Lipinski definition) is 1. The summed E-state index contributed by atoms with van der Waals surface area (Å²) in [7, 11) is 3.68. The molecule has 3 aromatic rings. The molecule has 2 heterocycles. The summed E-state index contributed by atoms with van der Waals surface area (Å²) in [6.45, 7) is 3.03. The Bertz CT molecular complexity index is 1020. The average Bonchev–Trinajstić information content (AvgIpc) is 2.80. The molecule has 0 bridgehead atoms. The van der Waals surface area contributed by atoms with Gasteiger partial charge < -0.3 is 24.6 Å². The van der Waals surface area contributed by atoms with Crippen molar-refractivity contribution in [2.75, 3.05) is 45.7 Å². The minimum atomic E-state index is -0.328. The van der Waals surface area contributed by atoms with Crippen molar-refractivity contribution in [2.24, 2.45) is 0 Å². The van der Waals surface area contributed by atoms with Gasteiger partial charge in [0.1, 0.15) is 11.5 Å². The number of likely N-dealkylation sites (N-methyl/N-ethyl adjacent to an activating group) is 1. The van der Waals surface area contributed by atoms with Gasteiger partial charge in [-0.05, 0) is 36.9 Å². The number of benzene rings is 2. The van der Waals surface area contributed by atoms with Crippen LogP contribution in [0.5, 0.6) is 11.5 Å². The van der Waals surface area contributed by atoms with E-state index in [0.29, 0.717) is 24.8 Å². The number of nitrogens with zero attached hydrogens (tertiary/aromatic N) is 4. The van der Waals surface area contributed by atoms with E-state index in [4.69, 9.17) is 9.47 Å². The van der Waals surface area contributed by atoms with Gasteiger partial charge >= 0.3 is 6.09 Å². The van der Waals surface area contributed by atoms with Crippen molar-refractivity contribution in [3.05, 3.63) is 60.9 Å². The monoisotopic (exact) mass is 419 g/mol. The Morgan fingerprint density at radius 2 is 1.65 bits per heavy atom. The van der Waals surface area contributed by atoms with E-state index in [-0.39, 0.29) is 6.09 Å². The van der Waals surface area contributed by atoms with Crippen molar-refractivity contribution >= 4 is 17.7 Å². The second kappa shape index (κ2) is 9.44. The van der Waals surface area contributed by atoms with Crippen LogP contribution in [0.25, 0.3) is 11.1 Å². The van der Waals surface area contributed by atoms with Crippen LogP contribution >= 0.6 is 0 Å². The fourth-order valence-electron chi connectivity index (χ4n) is 3.25. The largest absolute Gasteiger partial charge is 0.497 e. The van der Waals surface area contributed by atoms with Crippen molar-refractivity contribution in [1.82, 2.24) is 19.8 Å².